The van der Waals surface area contributed by atoms with Crippen molar-refractivity contribution in [1.82, 2.24) is 20.0 Å². The fourth-order valence-corrected chi connectivity index (χ4v) is 2.82. The summed E-state index contributed by atoms with van der Waals surface area (Å²) in [5.74, 6) is -0.977. The van der Waals surface area contributed by atoms with Crippen LogP contribution in [0.3, 0.4) is 0 Å². The van der Waals surface area contributed by atoms with E-state index in [4.69, 9.17) is 5.11 Å². The number of hydrogen-bond acceptors (Lipinski definition) is 3. The molecular weight excluding hydrogens is 272 g/mol. The Labute approximate surface area is 123 Å². The van der Waals surface area contributed by atoms with Crippen LogP contribution in [0.1, 0.15) is 36.9 Å². The Morgan fingerprint density at radius 1 is 1.48 bits per heavy atom. The van der Waals surface area contributed by atoms with E-state index in [2.05, 4.69) is 10.4 Å². The predicted molar refractivity (Wildman–Crippen MR) is 76.8 cm³/mol. The zero-order valence-electron chi connectivity index (χ0n) is 12.5. The number of nitrogens with zero attached hydrogens (tertiary/aromatic N) is 3. The van der Waals surface area contributed by atoms with Crippen LogP contribution in [0.5, 0.6) is 0 Å². The van der Waals surface area contributed by atoms with E-state index >= 15 is 0 Å². The van der Waals surface area contributed by atoms with Crippen LogP contribution in [0.25, 0.3) is 0 Å². The maximum atomic E-state index is 12.3. The van der Waals surface area contributed by atoms with Crippen molar-refractivity contribution in [2.45, 2.75) is 45.2 Å². The summed E-state index contributed by atoms with van der Waals surface area (Å²) in [6.45, 7) is 2.00. The highest BCUT2D eigenvalue weighted by atomic mass is 16.4. The maximum absolute atomic E-state index is 12.3. The number of carboxylic acid groups (broad SMARTS) is 1. The van der Waals surface area contributed by atoms with Crippen molar-refractivity contribution in [3.63, 3.8) is 0 Å². The smallest absolute Gasteiger partial charge is 0.323 e. The number of urea groups is 1. The molecule has 1 heterocycles. The molecule has 7 heteroatoms. The summed E-state index contributed by atoms with van der Waals surface area (Å²) in [5, 5.41) is 16.0. The Morgan fingerprint density at radius 2 is 2.14 bits per heavy atom. The predicted octanol–water partition coefficient (Wildman–Crippen LogP) is 1.27. The van der Waals surface area contributed by atoms with Gasteiger partial charge in [0.1, 0.15) is 6.54 Å². The summed E-state index contributed by atoms with van der Waals surface area (Å²) in [6.07, 6.45) is 5.72. The van der Waals surface area contributed by atoms with Crippen LogP contribution in [-0.4, -0.2) is 44.4 Å². The summed E-state index contributed by atoms with van der Waals surface area (Å²) in [5.41, 5.74) is 1.80. The molecule has 1 fully saturated rings. The van der Waals surface area contributed by atoms with E-state index in [-0.39, 0.29) is 18.6 Å². The molecule has 2 amide bonds. The largest absolute Gasteiger partial charge is 0.480 e. The number of rotatable bonds is 5. The number of carbonyl (C=O) groups excluding carboxylic acids is 1. The van der Waals surface area contributed by atoms with Crippen molar-refractivity contribution in [1.29, 1.82) is 0 Å². The zero-order chi connectivity index (χ0) is 15.4. The van der Waals surface area contributed by atoms with E-state index in [1.165, 1.54) is 4.90 Å². The van der Waals surface area contributed by atoms with E-state index in [1.807, 2.05) is 20.2 Å². The second-order valence-corrected chi connectivity index (χ2v) is 5.53. The number of nitrogens with one attached hydrogen (secondary N) is 1. The number of carbonyl (C=O) groups is 2. The van der Waals surface area contributed by atoms with Gasteiger partial charge in [0.05, 0.1) is 5.69 Å². The minimum atomic E-state index is -0.977. The van der Waals surface area contributed by atoms with Gasteiger partial charge in [0, 0.05) is 31.4 Å². The van der Waals surface area contributed by atoms with Crippen LogP contribution in [-0.2, 0) is 18.4 Å². The van der Waals surface area contributed by atoms with Crippen molar-refractivity contribution in [3.8, 4) is 0 Å². The molecule has 0 saturated heterocycles. The lowest BCUT2D eigenvalue weighted by atomic mass is 10.2. The van der Waals surface area contributed by atoms with Crippen LogP contribution in [0.4, 0.5) is 4.79 Å². The molecular formula is C14H22N4O3. The standard InChI is InChI=1S/C14H22N4O3/c1-10-11(8-17(2)16-10)7-15-14(21)18(9-13(19)20)12-5-3-4-6-12/h8,12H,3-7,9H2,1-2H3,(H,15,21)(H,19,20). The number of aryl methyl sites for hydroxylation is 2. The fraction of sp³-hybridized carbons (Fsp3) is 0.643. The van der Waals surface area contributed by atoms with Crippen LogP contribution in [0.15, 0.2) is 6.20 Å². The summed E-state index contributed by atoms with van der Waals surface area (Å²) in [6, 6.07) is -0.274. The molecule has 1 aliphatic rings. The topological polar surface area (TPSA) is 87.5 Å². The van der Waals surface area contributed by atoms with E-state index in [9.17, 15) is 9.59 Å². The van der Waals surface area contributed by atoms with Crippen LogP contribution < -0.4 is 5.32 Å². The van der Waals surface area contributed by atoms with Gasteiger partial charge in [-0.25, -0.2) is 4.79 Å². The molecule has 116 valence electrons. The molecule has 2 rings (SSSR count). The highest BCUT2D eigenvalue weighted by Gasteiger charge is 2.28. The molecule has 0 aliphatic heterocycles. The molecule has 7 nitrogen and oxygen atoms in total. The average molecular weight is 294 g/mol. The van der Waals surface area contributed by atoms with E-state index in [1.54, 1.807) is 4.68 Å². The quantitative estimate of drug-likeness (QED) is 0.856. The van der Waals surface area contributed by atoms with Gasteiger partial charge in [-0.2, -0.15) is 5.10 Å². The Balaban J connectivity index is 1.97. The monoisotopic (exact) mass is 294 g/mol. The minimum Gasteiger partial charge on any atom is -0.480 e. The maximum Gasteiger partial charge on any atom is 0.323 e. The van der Waals surface area contributed by atoms with Gasteiger partial charge in [0.2, 0.25) is 0 Å². The molecule has 1 aliphatic carbocycles. The molecule has 1 aromatic heterocycles. The van der Waals surface area contributed by atoms with Crippen LogP contribution in [0, 0.1) is 6.92 Å². The SMILES string of the molecule is Cc1nn(C)cc1CNC(=O)N(CC(=O)O)C1CCCC1. The second-order valence-electron chi connectivity index (χ2n) is 5.53. The van der Waals surface area contributed by atoms with Crippen molar-refractivity contribution < 1.29 is 14.7 Å². The summed E-state index contributed by atoms with van der Waals surface area (Å²) < 4.78 is 1.70. The first-order valence-electron chi connectivity index (χ1n) is 7.22. The lowest BCUT2D eigenvalue weighted by Crippen LogP contribution is -2.47. The molecule has 21 heavy (non-hydrogen) atoms. The number of hydrogen-bond donors (Lipinski definition) is 2. The number of carboxylic acids is 1. The van der Waals surface area contributed by atoms with Gasteiger partial charge >= 0.3 is 12.0 Å². The lowest BCUT2D eigenvalue weighted by Gasteiger charge is -2.27. The Bertz CT molecular complexity index is 520. The molecule has 1 saturated carbocycles. The fourth-order valence-electron chi connectivity index (χ4n) is 2.82. The third-order valence-corrected chi connectivity index (χ3v) is 3.88. The molecule has 0 aromatic carbocycles. The highest BCUT2D eigenvalue weighted by Crippen LogP contribution is 2.23. The van der Waals surface area contributed by atoms with Gasteiger partial charge in [0.25, 0.3) is 0 Å². The number of aromatic nitrogens is 2. The van der Waals surface area contributed by atoms with E-state index < -0.39 is 5.97 Å². The Hall–Kier alpha value is -2.05. The van der Waals surface area contributed by atoms with Gasteiger partial charge in [-0.1, -0.05) is 12.8 Å². The van der Waals surface area contributed by atoms with Gasteiger partial charge in [-0.05, 0) is 19.8 Å². The summed E-state index contributed by atoms with van der Waals surface area (Å²) in [4.78, 5) is 24.7. The highest BCUT2D eigenvalue weighted by molar-refractivity contribution is 5.80. The average Bonchev–Trinajstić information content (AvgIpc) is 3.03. The third-order valence-electron chi connectivity index (χ3n) is 3.88. The first-order chi connectivity index (χ1) is 9.97. The lowest BCUT2D eigenvalue weighted by molar-refractivity contribution is -0.138. The molecule has 2 N–H and O–H groups in total. The van der Waals surface area contributed by atoms with Gasteiger partial charge in [-0.3, -0.25) is 9.48 Å². The van der Waals surface area contributed by atoms with E-state index in [0.717, 1.165) is 36.9 Å². The molecule has 0 unspecified atom stereocenters. The van der Waals surface area contributed by atoms with Crippen LogP contribution in [0.2, 0.25) is 0 Å². The number of amides is 2. The zero-order valence-corrected chi connectivity index (χ0v) is 12.5. The molecule has 0 spiro atoms. The normalized spacial score (nSPS) is 15.1. The minimum absolute atomic E-state index is 0.0381. The molecule has 0 atom stereocenters. The third kappa shape index (κ3) is 3.96. The molecule has 0 radical (unpaired) electrons. The first kappa shape index (κ1) is 15.3. The second kappa shape index (κ2) is 6.60. The van der Waals surface area contributed by atoms with E-state index in [0.29, 0.717) is 6.54 Å². The molecule has 1 aromatic rings. The van der Waals surface area contributed by atoms with Crippen molar-refractivity contribution in [3.05, 3.63) is 17.5 Å². The first-order valence-corrected chi connectivity index (χ1v) is 7.22. The summed E-state index contributed by atoms with van der Waals surface area (Å²) >= 11 is 0. The summed E-state index contributed by atoms with van der Waals surface area (Å²) in [7, 11) is 1.83. The van der Waals surface area contributed by atoms with Crippen molar-refractivity contribution in [2.24, 2.45) is 7.05 Å². The van der Waals surface area contributed by atoms with Gasteiger partial charge in [-0.15, -0.1) is 0 Å². The Kier molecular flexibility index (Phi) is 4.82. The van der Waals surface area contributed by atoms with Crippen molar-refractivity contribution in [2.75, 3.05) is 6.54 Å². The van der Waals surface area contributed by atoms with Gasteiger partial charge < -0.3 is 15.3 Å². The van der Waals surface area contributed by atoms with Crippen LogP contribution >= 0.6 is 0 Å². The van der Waals surface area contributed by atoms with Crippen molar-refractivity contribution >= 4 is 12.0 Å². The number of aliphatic carboxylic acids is 1. The molecule has 0 bridgehead atoms. The Morgan fingerprint density at radius 3 is 2.67 bits per heavy atom. The van der Waals surface area contributed by atoms with Gasteiger partial charge in [0.15, 0.2) is 0 Å².